The van der Waals surface area contributed by atoms with E-state index in [0.717, 1.165) is 0 Å². The lowest BCUT2D eigenvalue weighted by Crippen LogP contribution is -2.36. The molecule has 0 N–H and O–H groups in total. The van der Waals surface area contributed by atoms with E-state index in [1.165, 1.54) is 21.9 Å². The molecule has 0 radical (unpaired) electrons. The Morgan fingerprint density at radius 1 is 1.19 bits per heavy atom. The van der Waals surface area contributed by atoms with Crippen LogP contribution in [0.1, 0.15) is 22.3 Å². The number of hydrogen-bond donors (Lipinski definition) is 0. The minimum absolute atomic E-state index is 0.250. The summed E-state index contributed by atoms with van der Waals surface area (Å²) < 4.78 is 19.4. The predicted octanol–water partition coefficient (Wildman–Crippen LogP) is 4.03. The summed E-state index contributed by atoms with van der Waals surface area (Å²) in [4.78, 5) is 27.7. The Hall–Kier alpha value is -2.60. The number of fused-ring (bicyclic) bond motifs is 1. The number of rotatable bonds is 2. The fourth-order valence-electron chi connectivity index (χ4n) is 3.43. The van der Waals surface area contributed by atoms with E-state index in [0.29, 0.717) is 54.4 Å². The van der Waals surface area contributed by atoms with Gasteiger partial charge in [-0.3, -0.25) is 9.69 Å². The summed E-state index contributed by atoms with van der Waals surface area (Å²) in [5, 5.41) is 0.465. The Balaban J connectivity index is 1.70. The van der Waals surface area contributed by atoms with Gasteiger partial charge in [-0.1, -0.05) is 17.7 Å². The lowest BCUT2D eigenvalue weighted by molar-refractivity contribution is 0.0984. The van der Waals surface area contributed by atoms with Crippen molar-refractivity contribution in [3.63, 3.8) is 0 Å². The second-order valence-corrected chi connectivity index (χ2v) is 6.64. The van der Waals surface area contributed by atoms with E-state index in [1.54, 1.807) is 24.3 Å². The van der Waals surface area contributed by atoms with Crippen LogP contribution in [0.5, 0.6) is 0 Å². The van der Waals surface area contributed by atoms with E-state index in [9.17, 15) is 14.0 Å². The monoisotopic (exact) mass is 374 g/mol. The number of benzene rings is 2. The highest BCUT2D eigenvalue weighted by Crippen LogP contribution is 2.36. The predicted molar refractivity (Wildman–Crippen MR) is 96.5 cm³/mol. The van der Waals surface area contributed by atoms with E-state index >= 15 is 0 Å². The van der Waals surface area contributed by atoms with Gasteiger partial charge in [0.05, 0.1) is 12.2 Å². The van der Waals surface area contributed by atoms with Crippen molar-refractivity contribution >= 4 is 35.0 Å². The Labute approximate surface area is 154 Å². The molecule has 2 amide bonds. The van der Waals surface area contributed by atoms with Crippen molar-refractivity contribution in [3.05, 3.63) is 58.4 Å². The lowest BCUT2D eigenvalue weighted by Gasteiger charge is -2.30. The van der Waals surface area contributed by atoms with Crippen LogP contribution in [0.2, 0.25) is 5.02 Å². The molecule has 26 heavy (non-hydrogen) atoms. The maximum atomic E-state index is 14.4. The molecule has 5 nitrogen and oxygen atoms in total. The molecule has 2 aliphatic heterocycles. The average molecular weight is 375 g/mol. The summed E-state index contributed by atoms with van der Waals surface area (Å²) in [5.74, 6) is -0.779. The number of cyclic esters (lactones) is 1. The van der Waals surface area contributed by atoms with Crippen molar-refractivity contribution in [2.45, 2.75) is 12.8 Å². The van der Waals surface area contributed by atoms with Crippen molar-refractivity contribution in [2.75, 3.05) is 29.5 Å². The highest BCUT2D eigenvalue weighted by molar-refractivity contribution is 6.32. The maximum Gasteiger partial charge on any atom is 0.414 e. The molecule has 2 aromatic carbocycles. The van der Waals surface area contributed by atoms with Crippen LogP contribution < -0.4 is 9.80 Å². The Bertz CT molecular complexity index is 902. The number of ether oxygens (including phenoxy) is 1. The fraction of sp³-hybridized carbons (Fsp3) is 0.263. The first-order chi connectivity index (χ1) is 12.6. The first kappa shape index (κ1) is 16.8. The molecular formula is C19H16ClFN2O3. The summed E-state index contributed by atoms with van der Waals surface area (Å²) in [5.41, 5.74) is 1.88. The zero-order valence-electron chi connectivity index (χ0n) is 13.9. The van der Waals surface area contributed by atoms with E-state index in [4.69, 9.17) is 16.3 Å². The molecule has 4 rings (SSSR count). The van der Waals surface area contributed by atoms with Crippen molar-refractivity contribution in [3.8, 4) is 0 Å². The third-order valence-electron chi connectivity index (χ3n) is 4.67. The first-order valence-electron chi connectivity index (χ1n) is 8.39. The van der Waals surface area contributed by atoms with Crippen LogP contribution in [0.3, 0.4) is 0 Å². The van der Waals surface area contributed by atoms with Crippen molar-refractivity contribution in [1.29, 1.82) is 0 Å². The van der Waals surface area contributed by atoms with Crippen LogP contribution in [-0.2, 0) is 11.2 Å². The molecule has 0 spiro atoms. The van der Waals surface area contributed by atoms with Gasteiger partial charge in [0.25, 0.3) is 5.91 Å². The quantitative estimate of drug-likeness (QED) is 0.797. The van der Waals surface area contributed by atoms with Crippen LogP contribution in [0.25, 0.3) is 0 Å². The van der Waals surface area contributed by atoms with Crippen LogP contribution in [0.15, 0.2) is 36.4 Å². The molecule has 1 saturated heterocycles. The molecule has 2 heterocycles. The number of carbonyl (C=O) groups excluding carboxylic acids is 2. The zero-order valence-corrected chi connectivity index (χ0v) is 14.6. The number of carbonyl (C=O) groups is 2. The van der Waals surface area contributed by atoms with E-state index in [1.807, 2.05) is 0 Å². The lowest BCUT2D eigenvalue weighted by atomic mass is 10.00. The molecular weight excluding hydrogens is 359 g/mol. The SMILES string of the molecule is O=C1OCCN1c1cccc(C(=O)N2CCCc3c(Cl)ccc(F)c32)c1. The Morgan fingerprint density at radius 2 is 2.04 bits per heavy atom. The van der Waals surface area contributed by atoms with Gasteiger partial charge >= 0.3 is 6.09 Å². The number of halogens is 2. The molecule has 1 fully saturated rings. The van der Waals surface area contributed by atoms with Gasteiger partial charge in [-0.2, -0.15) is 0 Å². The minimum Gasteiger partial charge on any atom is -0.447 e. The highest BCUT2D eigenvalue weighted by Gasteiger charge is 2.29. The van der Waals surface area contributed by atoms with E-state index in [2.05, 4.69) is 0 Å². The smallest absolute Gasteiger partial charge is 0.414 e. The molecule has 0 bridgehead atoms. The molecule has 0 atom stereocenters. The Kier molecular flexibility index (Phi) is 4.28. The van der Waals surface area contributed by atoms with Gasteiger partial charge in [-0.05, 0) is 48.7 Å². The summed E-state index contributed by atoms with van der Waals surface area (Å²) in [7, 11) is 0. The third-order valence-corrected chi connectivity index (χ3v) is 5.02. The molecule has 2 aliphatic rings. The van der Waals surface area contributed by atoms with Crippen molar-refractivity contribution < 1.29 is 18.7 Å². The zero-order chi connectivity index (χ0) is 18.3. The molecule has 0 aliphatic carbocycles. The van der Waals surface area contributed by atoms with Gasteiger partial charge in [0, 0.05) is 22.8 Å². The molecule has 7 heteroatoms. The number of amides is 2. The highest BCUT2D eigenvalue weighted by atomic mass is 35.5. The molecule has 0 aromatic heterocycles. The average Bonchev–Trinajstić information content (AvgIpc) is 3.10. The van der Waals surface area contributed by atoms with Crippen LogP contribution in [0, 0.1) is 5.82 Å². The topological polar surface area (TPSA) is 49.9 Å². The number of nitrogens with zero attached hydrogens (tertiary/aromatic N) is 2. The minimum atomic E-state index is -0.461. The summed E-state index contributed by atoms with van der Waals surface area (Å²) in [6.07, 6.45) is 0.908. The van der Waals surface area contributed by atoms with Crippen molar-refractivity contribution in [2.24, 2.45) is 0 Å². The van der Waals surface area contributed by atoms with Crippen LogP contribution >= 0.6 is 11.6 Å². The van der Waals surface area contributed by atoms with Gasteiger partial charge in [0.1, 0.15) is 12.4 Å². The fourth-order valence-corrected chi connectivity index (χ4v) is 3.68. The van der Waals surface area contributed by atoms with E-state index < -0.39 is 11.9 Å². The first-order valence-corrected chi connectivity index (χ1v) is 8.77. The van der Waals surface area contributed by atoms with E-state index in [-0.39, 0.29) is 11.6 Å². The van der Waals surface area contributed by atoms with Crippen LogP contribution in [0.4, 0.5) is 20.6 Å². The molecule has 2 aromatic rings. The molecule has 0 unspecified atom stereocenters. The molecule has 0 saturated carbocycles. The van der Waals surface area contributed by atoms with Gasteiger partial charge in [-0.25, -0.2) is 9.18 Å². The summed E-state index contributed by atoms with van der Waals surface area (Å²) >= 11 is 6.19. The summed E-state index contributed by atoms with van der Waals surface area (Å²) in [6, 6.07) is 9.53. The molecule has 134 valence electrons. The number of anilines is 2. The normalized spacial score (nSPS) is 16.5. The largest absolute Gasteiger partial charge is 0.447 e. The van der Waals surface area contributed by atoms with Crippen LogP contribution in [-0.4, -0.2) is 31.7 Å². The standard InChI is InChI=1S/C19H16ClFN2O3/c20-15-6-7-16(21)17-14(15)5-2-8-23(17)18(24)12-3-1-4-13(11-12)22-9-10-26-19(22)25/h1,3-4,6-7,11H,2,5,8-10H2. The van der Waals surface area contributed by atoms with Gasteiger partial charge in [-0.15, -0.1) is 0 Å². The second kappa shape index (κ2) is 6.61. The van der Waals surface area contributed by atoms with Gasteiger partial charge in [0.15, 0.2) is 0 Å². The summed E-state index contributed by atoms with van der Waals surface area (Å²) in [6.45, 7) is 1.17. The van der Waals surface area contributed by atoms with Crippen molar-refractivity contribution in [1.82, 2.24) is 0 Å². The maximum absolute atomic E-state index is 14.4. The van der Waals surface area contributed by atoms with Gasteiger partial charge in [0.2, 0.25) is 0 Å². The van der Waals surface area contributed by atoms with Gasteiger partial charge < -0.3 is 9.64 Å². The Morgan fingerprint density at radius 3 is 2.81 bits per heavy atom. The third kappa shape index (κ3) is 2.80. The number of hydrogen-bond acceptors (Lipinski definition) is 3. The second-order valence-electron chi connectivity index (χ2n) is 6.23.